The standard InChI is InChI=1S/C21H23N3O3/c1-11-4-6-14(7-5-11)10-23-13(3)19(12(2)22-23)24-20(25)17-15-8-9-16(27-15)18(17)21(24)26/h4-7,15-18H,8-10H2,1-3H3/t15-,16-,17-,18+/m1/s1. The first-order chi connectivity index (χ1) is 13.0. The fraction of sp³-hybridized carbons (Fsp3) is 0.476. The van der Waals surface area contributed by atoms with E-state index in [1.54, 1.807) is 0 Å². The van der Waals surface area contributed by atoms with E-state index in [1.165, 1.54) is 10.5 Å². The highest BCUT2D eigenvalue weighted by Gasteiger charge is 2.63. The molecular weight excluding hydrogens is 342 g/mol. The lowest BCUT2D eigenvalue weighted by molar-refractivity contribution is -0.124. The predicted molar refractivity (Wildman–Crippen MR) is 99.4 cm³/mol. The maximum atomic E-state index is 13.1. The van der Waals surface area contributed by atoms with Crippen LogP contribution in [0.5, 0.6) is 0 Å². The zero-order valence-electron chi connectivity index (χ0n) is 15.8. The summed E-state index contributed by atoms with van der Waals surface area (Å²) in [5, 5.41) is 4.63. The Balaban J connectivity index is 1.49. The van der Waals surface area contributed by atoms with Gasteiger partial charge in [0.2, 0.25) is 11.8 Å². The molecule has 1 aromatic heterocycles. The van der Waals surface area contributed by atoms with Gasteiger partial charge >= 0.3 is 0 Å². The zero-order valence-corrected chi connectivity index (χ0v) is 15.8. The quantitative estimate of drug-likeness (QED) is 0.784. The SMILES string of the molecule is Cc1ccc(Cn2nc(C)c(N3C(=O)[C@@H]4[C@H](C3=O)[C@H]3CC[C@H]4O3)c2C)cc1. The van der Waals surface area contributed by atoms with Crippen LogP contribution < -0.4 is 4.90 Å². The van der Waals surface area contributed by atoms with E-state index in [0.29, 0.717) is 12.2 Å². The Labute approximate surface area is 158 Å². The molecule has 4 atom stereocenters. The highest BCUT2D eigenvalue weighted by atomic mass is 16.5. The number of carbonyl (C=O) groups is 2. The fourth-order valence-corrected chi connectivity index (χ4v) is 4.96. The number of hydrogen-bond acceptors (Lipinski definition) is 4. The lowest BCUT2D eigenvalue weighted by Gasteiger charge is -2.18. The van der Waals surface area contributed by atoms with Gasteiger partial charge in [0.1, 0.15) is 0 Å². The molecule has 6 heteroatoms. The third kappa shape index (κ3) is 2.32. The Morgan fingerprint density at radius 1 is 1.00 bits per heavy atom. The Morgan fingerprint density at radius 2 is 1.59 bits per heavy atom. The molecule has 5 rings (SSSR count). The molecule has 0 aliphatic carbocycles. The molecule has 2 bridgehead atoms. The van der Waals surface area contributed by atoms with Gasteiger partial charge in [-0.1, -0.05) is 29.8 Å². The number of hydrogen-bond donors (Lipinski definition) is 0. The van der Waals surface area contributed by atoms with Crippen molar-refractivity contribution < 1.29 is 14.3 Å². The van der Waals surface area contributed by atoms with Crippen molar-refractivity contribution in [3.8, 4) is 0 Å². The monoisotopic (exact) mass is 365 g/mol. The Morgan fingerprint density at radius 3 is 2.19 bits per heavy atom. The van der Waals surface area contributed by atoms with E-state index in [9.17, 15) is 9.59 Å². The Kier molecular flexibility index (Phi) is 3.56. The van der Waals surface area contributed by atoms with Crippen LogP contribution in [-0.4, -0.2) is 33.8 Å². The second-order valence-corrected chi connectivity index (χ2v) is 8.02. The number of anilines is 1. The molecular formula is C21H23N3O3. The van der Waals surface area contributed by atoms with E-state index in [4.69, 9.17) is 4.74 Å². The first-order valence-electron chi connectivity index (χ1n) is 9.58. The molecule has 2 amide bonds. The van der Waals surface area contributed by atoms with Crippen LogP contribution in [0.25, 0.3) is 0 Å². The number of amides is 2. The van der Waals surface area contributed by atoms with Crippen molar-refractivity contribution in [2.24, 2.45) is 11.8 Å². The van der Waals surface area contributed by atoms with Gasteiger partial charge < -0.3 is 4.74 Å². The number of aryl methyl sites for hydroxylation is 2. The number of fused-ring (bicyclic) bond motifs is 5. The van der Waals surface area contributed by atoms with Gasteiger partial charge in [-0.3, -0.25) is 14.3 Å². The number of benzene rings is 1. The number of rotatable bonds is 3. The molecule has 27 heavy (non-hydrogen) atoms. The average molecular weight is 365 g/mol. The van der Waals surface area contributed by atoms with Crippen molar-refractivity contribution >= 4 is 17.5 Å². The molecule has 6 nitrogen and oxygen atoms in total. The second kappa shape index (κ2) is 5.76. The summed E-state index contributed by atoms with van der Waals surface area (Å²) in [5.41, 5.74) is 4.58. The molecule has 3 fully saturated rings. The fourth-order valence-electron chi connectivity index (χ4n) is 4.96. The van der Waals surface area contributed by atoms with Crippen LogP contribution in [0, 0.1) is 32.6 Å². The summed E-state index contributed by atoms with van der Waals surface area (Å²) in [6, 6.07) is 8.31. The van der Waals surface area contributed by atoms with Crippen molar-refractivity contribution in [3.05, 3.63) is 46.8 Å². The molecule has 4 heterocycles. The molecule has 140 valence electrons. The molecule has 3 saturated heterocycles. The number of aromatic nitrogens is 2. The van der Waals surface area contributed by atoms with Crippen molar-refractivity contribution in [1.82, 2.24) is 9.78 Å². The van der Waals surface area contributed by atoms with E-state index < -0.39 is 0 Å². The molecule has 0 radical (unpaired) electrons. The van der Waals surface area contributed by atoms with Crippen LogP contribution in [0.3, 0.4) is 0 Å². The molecule has 0 N–H and O–H groups in total. The predicted octanol–water partition coefficient (Wildman–Crippen LogP) is 2.52. The van der Waals surface area contributed by atoms with Crippen molar-refractivity contribution in [1.29, 1.82) is 0 Å². The summed E-state index contributed by atoms with van der Waals surface area (Å²) in [7, 11) is 0. The Hall–Kier alpha value is -2.47. The summed E-state index contributed by atoms with van der Waals surface area (Å²) in [5.74, 6) is -0.845. The van der Waals surface area contributed by atoms with E-state index in [2.05, 4.69) is 36.3 Å². The summed E-state index contributed by atoms with van der Waals surface area (Å²) in [4.78, 5) is 27.6. The average Bonchev–Trinajstić information content (AvgIpc) is 3.37. The van der Waals surface area contributed by atoms with Crippen molar-refractivity contribution in [2.75, 3.05) is 4.90 Å². The minimum atomic E-state index is -0.310. The molecule has 0 saturated carbocycles. The minimum absolute atomic E-state index is 0.0929. The van der Waals surface area contributed by atoms with Crippen LogP contribution >= 0.6 is 0 Å². The largest absolute Gasteiger partial charge is 0.373 e. The Bertz CT molecular complexity index is 918. The number of nitrogens with zero attached hydrogens (tertiary/aromatic N) is 3. The maximum absolute atomic E-state index is 13.1. The third-order valence-corrected chi connectivity index (χ3v) is 6.30. The van der Waals surface area contributed by atoms with Gasteiger partial charge in [-0.25, -0.2) is 4.90 Å². The van der Waals surface area contributed by atoms with Gasteiger partial charge in [0.15, 0.2) is 0 Å². The first-order valence-corrected chi connectivity index (χ1v) is 9.58. The topological polar surface area (TPSA) is 64.4 Å². The maximum Gasteiger partial charge on any atom is 0.240 e. The van der Waals surface area contributed by atoms with E-state index >= 15 is 0 Å². The smallest absolute Gasteiger partial charge is 0.240 e. The third-order valence-electron chi connectivity index (χ3n) is 6.30. The normalized spacial score (nSPS) is 29.1. The second-order valence-electron chi connectivity index (χ2n) is 8.02. The van der Waals surface area contributed by atoms with Crippen molar-refractivity contribution in [3.63, 3.8) is 0 Å². The first kappa shape index (κ1) is 16.7. The molecule has 3 aliphatic rings. The van der Waals surface area contributed by atoms with Gasteiger partial charge in [-0.05, 0) is 39.2 Å². The highest BCUT2D eigenvalue weighted by Crippen LogP contribution is 2.50. The summed E-state index contributed by atoms with van der Waals surface area (Å²) >= 11 is 0. The summed E-state index contributed by atoms with van der Waals surface area (Å²) in [6.07, 6.45) is 1.57. The molecule has 2 aromatic rings. The van der Waals surface area contributed by atoms with Gasteiger partial charge in [0, 0.05) is 0 Å². The number of carbonyl (C=O) groups excluding carboxylic acids is 2. The van der Waals surface area contributed by atoms with Gasteiger partial charge in [-0.2, -0.15) is 5.10 Å². The van der Waals surface area contributed by atoms with Gasteiger partial charge in [0.25, 0.3) is 0 Å². The van der Waals surface area contributed by atoms with Crippen LogP contribution in [-0.2, 0) is 20.9 Å². The molecule has 1 aromatic carbocycles. The molecule has 0 spiro atoms. The van der Waals surface area contributed by atoms with Crippen molar-refractivity contribution in [2.45, 2.75) is 52.4 Å². The van der Waals surface area contributed by atoms with Gasteiger partial charge in [-0.15, -0.1) is 0 Å². The minimum Gasteiger partial charge on any atom is -0.373 e. The number of ether oxygens (including phenoxy) is 1. The molecule has 0 unspecified atom stereocenters. The van der Waals surface area contributed by atoms with E-state index in [0.717, 1.165) is 29.8 Å². The van der Waals surface area contributed by atoms with Crippen LogP contribution in [0.4, 0.5) is 5.69 Å². The highest BCUT2D eigenvalue weighted by molar-refractivity contribution is 6.23. The molecule has 3 aliphatic heterocycles. The zero-order chi connectivity index (χ0) is 18.9. The summed E-state index contributed by atoms with van der Waals surface area (Å²) in [6.45, 7) is 6.48. The summed E-state index contributed by atoms with van der Waals surface area (Å²) < 4.78 is 7.71. The van der Waals surface area contributed by atoms with Crippen LogP contribution in [0.15, 0.2) is 24.3 Å². The van der Waals surface area contributed by atoms with E-state index in [-0.39, 0.29) is 35.9 Å². The number of imide groups is 1. The van der Waals surface area contributed by atoms with Gasteiger partial charge in [0.05, 0.1) is 47.7 Å². The van der Waals surface area contributed by atoms with E-state index in [1.807, 2.05) is 18.5 Å². The lowest BCUT2D eigenvalue weighted by Crippen LogP contribution is -2.35. The van der Waals surface area contributed by atoms with Crippen LogP contribution in [0.1, 0.15) is 35.4 Å². The lowest BCUT2D eigenvalue weighted by atomic mass is 9.81. The van der Waals surface area contributed by atoms with Crippen LogP contribution in [0.2, 0.25) is 0 Å².